The molecule has 0 aliphatic heterocycles. The van der Waals surface area contributed by atoms with Gasteiger partial charge >= 0.3 is 0 Å². The summed E-state index contributed by atoms with van der Waals surface area (Å²) >= 11 is 7.03. The minimum atomic E-state index is 0. The zero-order chi connectivity index (χ0) is 38.7. The molecule has 8 rings (SSSR count). The van der Waals surface area contributed by atoms with Crippen LogP contribution in [0.4, 0.5) is 0 Å². The van der Waals surface area contributed by atoms with Crippen LogP contribution in [-0.2, 0) is 9.47 Å². The van der Waals surface area contributed by atoms with Crippen molar-refractivity contribution in [2.45, 2.75) is 50.0 Å². The molecule has 0 unspecified atom stereocenters. The third kappa shape index (κ3) is 13.2. The fourth-order valence-corrected chi connectivity index (χ4v) is 6.99. The van der Waals surface area contributed by atoms with Crippen molar-refractivity contribution in [3.05, 3.63) is 167 Å². The van der Waals surface area contributed by atoms with E-state index >= 15 is 0 Å². The second kappa shape index (κ2) is 27.0. The van der Waals surface area contributed by atoms with E-state index in [0.717, 1.165) is 21.5 Å². The molecule has 0 fully saturated rings. The van der Waals surface area contributed by atoms with Gasteiger partial charge in [0.25, 0.3) is 0 Å². The first-order valence-corrected chi connectivity index (χ1v) is 19.7. The molecule has 0 saturated heterocycles. The van der Waals surface area contributed by atoms with E-state index in [9.17, 15) is 0 Å². The van der Waals surface area contributed by atoms with Crippen molar-refractivity contribution in [3.63, 3.8) is 0 Å². The summed E-state index contributed by atoms with van der Waals surface area (Å²) in [7, 11) is 3.23. The zero-order valence-electron chi connectivity index (χ0n) is 31.8. The van der Waals surface area contributed by atoms with Crippen molar-refractivity contribution in [3.8, 4) is 22.6 Å². The molecule has 57 heavy (non-hydrogen) atoms. The number of rotatable bonds is 7. The molecule has 0 aliphatic carbocycles. The Balaban J connectivity index is 0.000000427. The SMILES string of the molecule is Brc1c2ccccc2cc2ccccc12.C.C.C.CC.CC.COCOc1ccccc1-c1c2ccccc2cc2ccccc12.COCOc1ccccc1Br. The molecule has 0 N–H and O–H groups in total. The summed E-state index contributed by atoms with van der Waals surface area (Å²) in [5.74, 6) is 1.63. The quantitative estimate of drug-likeness (QED) is 0.118. The van der Waals surface area contributed by atoms with Gasteiger partial charge in [-0.25, -0.2) is 0 Å². The Morgan fingerprint density at radius 3 is 1.18 bits per heavy atom. The average Bonchev–Trinajstić information content (AvgIpc) is 3.24. The maximum Gasteiger partial charge on any atom is 0.188 e. The highest BCUT2D eigenvalue weighted by molar-refractivity contribution is 9.11. The van der Waals surface area contributed by atoms with E-state index in [0.29, 0.717) is 0 Å². The van der Waals surface area contributed by atoms with Gasteiger partial charge in [0.2, 0.25) is 0 Å². The molecule has 8 aromatic carbocycles. The fourth-order valence-electron chi connectivity index (χ4n) is 5.87. The molecule has 4 nitrogen and oxygen atoms in total. The Labute approximate surface area is 359 Å². The minimum absolute atomic E-state index is 0. The van der Waals surface area contributed by atoms with E-state index in [2.05, 4.69) is 147 Å². The lowest BCUT2D eigenvalue weighted by atomic mass is 9.91. The molecule has 0 aliphatic rings. The molecule has 0 aromatic heterocycles. The number of halogens is 2. The van der Waals surface area contributed by atoms with Crippen molar-refractivity contribution in [2.75, 3.05) is 27.8 Å². The molecule has 6 heteroatoms. The summed E-state index contributed by atoms with van der Waals surface area (Å²) in [6, 6.07) is 54.1. The standard InChI is InChI=1S/C22H18O2.C14H9Br.C8H9BrO2.2C2H6.3CH4/c1-23-15-24-21-13-7-6-12-20(21)22-18-10-4-2-8-16(18)14-17-9-3-5-11-19(17)22;15-14-12-7-3-1-5-10(12)9-11-6-2-4-8-13(11)14;1-10-6-11-8-5-3-2-4-7(8)9;2*1-2;;;/h2-14H,15H2,1H3;1-9H;2-5H,6H2,1H3;2*1-2H3;3*1H4. The summed E-state index contributed by atoms with van der Waals surface area (Å²) in [6.45, 7) is 8.52. The number of hydrogen-bond acceptors (Lipinski definition) is 4. The van der Waals surface area contributed by atoms with Gasteiger partial charge in [0, 0.05) is 29.8 Å². The second-order valence-electron chi connectivity index (χ2n) is 11.4. The summed E-state index contributed by atoms with van der Waals surface area (Å²) in [6.07, 6.45) is 0. The zero-order valence-corrected chi connectivity index (χ0v) is 35.0. The third-order valence-corrected chi connectivity index (χ3v) is 9.64. The predicted molar refractivity (Wildman–Crippen MR) is 258 cm³/mol. The van der Waals surface area contributed by atoms with Crippen LogP contribution in [0.5, 0.6) is 11.5 Å². The number of ether oxygens (including phenoxy) is 4. The van der Waals surface area contributed by atoms with Crippen LogP contribution in [0, 0.1) is 0 Å². The molecule has 0 heterocycles. The van der Waals surface area contributed by atoms with E-state index in [4.69, 9.17) is 18.9 Å². The van der Waals surface area contributed by atoms with E-state index in [1.807, 2.05) is 70.2 Å². The van der Waals surface area contributed by atoms with Crippen molar-refractivity contribution in [1.82, 2.24) is 0 Å². The summed E-state index contributed by atoms with van der Waals surface area (Å²) in [5.41, 5.74) is 2.29. The molecule has 302 valence electrons. The minimum Gasteiger partial charge on any atom is -0.467 e. The highest BCUT2D eigenvalue weighted by Gasteiger charge is 2.13. The van der Waals surface area contributed by atoms with Gasteiger partial charge in [-0.3, -0.25) is 0 Å². The molecule has 0 saturated carbocycles. The maximum atomic E-state index is 5.82. The monoisotopic (exact) mass is 894 g/mol. The predicted octanol–water partition coefficient (Wildman–Crippen LogP) is 16.8. The average molecular weight is 897 g/mol. The van der Waals surface area contributed by atoms with Crippen LogP contribution in [0.3, 0.4) is 0 Å². The first-order chi connectivity index (χ1) is 26.6. The number of methoxy groups -OCH3 is 2. The Bertz CT molecular complexity index is 2250. The molecular weight excluding hydrogens is 836 g/mol. The third-order valence-electron chi connectivity index (χ3n) is 8.13. The Morgan fingerprint density at radius 1 is 0.404 bits per heavy atom. The van der Waals surface area contributed by atoms with Crippen LogP contribution in [0.2, 0.25) is 0 Å². The van der Waals surface area contributed by atoms with Crippen molar-refractivity contribution < 1.29 is 18.9 Å². The normalized spacial score (nSPS) is 9.61. The van der Waals surface area contributed by atoms with Crippen molar-refractivity contribution in [2.24, 2.45) is 0 Å². The number of hydrogen-bond donors (Lipinski definition) is 0. The topological polar surface area (TPSA) is 36.9 Å². The Kier molecular flexibility index (Phi) is 23.8. The highest BCUT2D eigenvalue weighted by atomic mass is 79.9. The van der Waals surface area contributed by atoms with Crippen LogP contribution in [-0.4, -0.2) is 27.8 Å². The fraction of sp³-hybridized carbons (Fsp3) is 0.216. The van der Waals surface area contributed by atoms with E-state index in [1.54, 1.807) is 14.2 Å². The Hall–Kier alpha value is -4.72. The number of benzene rings is 8. The molecule has 0 amide bonds. The van der Waals surface area contributed by atoms with Crippen LogP contribution in [0.1, 0.15) is 50.0 Å². The number of fused-ring (bicyclic) bond motifs is 4. The van der Waals surface area contributed by atoms with Gasteiger partial charge in [-0.05, 0) is 105 Å². The summed E-state index contributed by atoms with van der Waals surface area (Å²) in [5, 5.41) is 10.0. The molecule has 0 spiro atoms. The van der Waals surface area contributed by atoms with Crippen LogP contribution in [0.25, 0.3) is 54.2 Å². The maximum absolute atomic E-state index is 5.82. The van der Waals surface area contributed by atoms with Crippen LogP contribution < -0.4 is 9.47 Å². The van der Waals surface area contributed by atoms with Crippen molar-refractivity contribution in [1.29, 1.82) is 0 Å². The smallest absolute Gasteiger partial charge is 0.188 e. The first kappa shape index (κ1) is 50.3. The molecule has 8 aromatic rings. The van der Waals surface area contributed by atoms with Gasteiger partial charge in [-0.2, -0.15) is 0 Å². The van der Waals surface area contributed by atoms with E-state index in [1.165, 1.54) is 53.1 Å². The second-order valence-corrected chi connectivity index (χ2v) is 13.0. The number of para-hydroxylation sites is 2. The van der Waals surface area contributed by atoms with Gasteiger partial charge in [0.05, 0.1) is 4.47 Å². The lowest BCUT2D eigenvalue weighted by Gasteiger charge is -2.15. The highest BCUT2D eigenvalue weighted by Crippen LogP contribution is 2.40. The van der Waals surface area contributed by atoms with Crippen molar-refractivity contribution >= 4 is 74.9 Å². The van der Waals surface area contributed by atoms with Gasteiger partial charge in [0.1, 0.15) is 11.5 Å². The Morgan fingerprint density at radius 2 is 0.737 bits per heavy atom. The van der Waals surface area contributed by atoms with Gasteiger partial charge in [-0.15, -0.1) is 0 Å². The van der Waals surface area contributed by atoms with Gasteiger partial charge in [-0.1, -0.05) is 177 Å². The van der Waals surface area contributed by atoms with Crippen LogP contribution in [0.15, 0.2) is 167 Å². The molecule has 0 bridgehead atoms. The van der Waals surface area contributed by atoms with Gasteiger partial charge in [0.15, 0.2) is 13.6 Å². The lowest BCUT2D eigenvalue weighted by Crippen LogP contribution is -2.00. The first-order valence-electron chi connectivity index (χ1n) is 18.1. The largest absolute Gasteiger partial charge is 0.467 e. The van der Waals surface area contributed by atoms with Gasteiger partial charge < -0.3 is 18.9 Å². The molecular formula is C51H60Br2O4. The summed E-state index contributed by atoms with van der Waals surface area (Å²) in [4.78, 5) is 0. The molecule has 0 radical (unpaired) electrons. The molecule has 0 atom stereocenters. The van der Waals surface area contributed by atoms with E-state index in [-0.39, 0.29) is 35.9 Å². The van der Waals surface area contributed by atoms with E-state index < -0.39 is 0 Å². The van der Waals surface area contributed by atoms with Crippen LogP contribution >= 0.6 is 31.9 Å². The lowest BCUT2D eigenvalue weighted by molar-refractivity contribution is 0.0505. The summed E-state index contributed by atoms with van der Waals surface area (Å²) < 4.78 is 23.0.